The van der Waals surface area contributed by atoms with Crippen LogP contribution in [0.3, 0.4) is 0 Å². The van der Waals surface area contributed by atoms with Gasteiger partial charge >= 0.3 is 0 Å². The molecule has 1 heterocycles. The number of rotatable bonds is 5. The number of nitrogens with zero attached hydrogens (tertiary/aromatic N) is 1. The van der Waals surface area contributed by atoms with Gasteiger partial charge in [-0.3, -0.25) is 4.98 Å². The zero-order valence-electron chi connectivity index (χ0n) is 12.0. The van der Waals surface area contributed by atoms with Crippen LogP contribution in [0, 0.1) is 12.7 Å². The zero-order chi connectivity index (χ0) is 14.5. The predicted octanol–water partition coefficient (Wildman–Crippen LogP) is 3.60. The van der Waals surface area contributed by atoms with E-state index in [1.165, 1.54) is 6.07 Å². The first-order chi connectivity index (χ1) is 9.63. The quantitative estimate of drug-likeness (QED) is 0.904. The number of ether oxygens (including phenoxy) is 1. The summed E-state index contributed by atoms with van der Waals surface area (Å²) >= 11 is 0. The van der Waals surface area contributed by atoms with Gasteiger partial charge in [0.25, 0.3) is 0 Å². The van der Waals surface area contributed by atoms with E-state index in [0.717, 1.165) is 23.4 Å². The Labute approximate surface area is 118 Å². The standard InChI is InChI=1S/C16H19FN2O/c1-4-14-16(7-5-11(2)19-14)20-15-8-6-12(10-18-3)9-13(15)17/h5-9,18H,4,10H2,1-3H3. The molecule has 0 saturated carbocycles. The number of pyridine rings is 1. The lowest BCUT2D eigenvalue weighted by molar-refractivity contribution is 0.434. The van der Waals surface area contributed by atoms with Gasteiger partial charge in [-0.1, -0.05) is 13.0 Å². The Bertz CT molecular complexity index is 599. The third kappa shape index (κ3) is 3.33. The Balaban J connectivity index is 2.26. The molecule has 4 heteroatoms. The molecular formula is C16H19FN2O. The van der Waals surface area contributed by atoms with Crippen LogP contribution in [0.1, 0.15) is 23.9 Å². The number of nitrogens with one attached hydrogen (secondary N) is 1. The van der Waals surface area contributed by atoms with Crippen molar-refractivity contribution in [2.24, 2.45) is 0 Å². The maximum atomic E-state index is 14.0. The van der Waals surface area contributed by atoms with Crippen LogP contribution >= 0.6 is 0 Å². The largest absolute Gasteiger partial charge is 0.452 e. The van der Waals surface area contributed by atoms with Gasteiger partial charge in [0, 0.05) is 12.2 Å². The van der Waals surface area contributed by atoms with E-state index < -0.39 is 0 Å². The molecule has 2 rings (SSSR count). The minimum absolute atomic E-state index is 0.227. The highest BCUT2D eigenvalue weighted by molar-refractivity contribution is 5.37. The lowest BCUT2D eigenvalue weighted by Gasteiger charge is -2.11. The van der Waals surface area contributed by atoms with Gasteiger partial charge in [0.05, 0.1) is 5.69 Å². The molecule has 1 N–H and O–H groups in total. The van der Waals surface area contributed by atoms with E-state index in [-0.39, 0.29) is 11.6 Å². The van der Waals surface area contributed by atoms with E-state index in [0.29, 0.717) is 12.3 Å². The van der Waals surface area contributed by atoms with Crippen LogP contribution in [-0.2, 0) is 13.0 Å². The maximum absolute atomic E-state index is 14.0. The molecule has 0 aliphatic carbocycles. The number of hydrogen-bond donors (Lipinski definition) is 1. The molecule has 0 aliphatic heterocycles. The van der Waals surface area contributed by atoms with E-state index in [1.807, 2.05) is 39.1 Å². The monoisotopic (exact) mass is 274 g/mol. The van der Waals surface area contributed by atoms with Crippen molar-refractivity contribution in [3.63, 3.8) is 0 Å². The summed E-state index contributed by atoms with van der Waals surface area (Å²) in [6.45, 7) is 4.56. The van der Waals surface area contributed by atoms with Gasteiger partial charge < -0.3 is 10.1 Å². The molecule has 3 nitrogen and oxygen atoms in total. The van der Waals surface area contributed by atoms with Crippen molar-refractivity contribution >= 4 is 0 Å². The van der Waals surface area contributed by atoms with Crippen LogP contribution in [0.15, 0.2) is 30.3 Å². The van der Waals surface area contributed by atoms with Crippen LogP contribution in [0.25, 0.3) is 0 Å². The van der Waals surface area contributed by atoms with Crippen LogP contribution < -0.4 is 10.1 Å². The first-order valence-electron chi connectivity index (χ1n) is 6.71. The Morgan fingerprint density at radius 1 is 1.20 bits per heavy atom. The Morgan fingerprint density at radius 3 is 2.60 bits per heavy atom. The third-order valence-electron chi connectivity index (χ3n) is 3.00. The minimum Gasteiger partial charge on any atom is -0.452 e. The summed E-state index contributed by atoms with van der Waals surface area (Å²) in [6.07, 6.45) is 0.746. The maximum Gasteiger partial charge on any atom is 0.166 e. The second-order valence-corrected chi connectivity index (χ2v) is 4.65. The van der Waals surface area contributed by atoms with Crippen molar-refractivity contribution in [2.75, 3.05) is 7.05 Å². The second kappa shape index (κ2) is 6.48. The molecule has 2 aromatic rings. The lowest BCUT2D eigenvalue weighted by atomic mass is 10.2. The van der Waals surface area contributed by atoms with Gasteiger partial charge in [-0.15, -0.1) is 0 Å². The van der Waals surface area contributed by atoms with Crippen molar-refractivity contribution in [2.45, 2.75) is 26.8 Å². The van der Waals surface area contributed by atoms with Gasteiger partial charge in [-0.2, -0.15) is 0 Å². The topological polar surface area (TPSA) is 34.1 Å². The molecule has 0 amide bonds. The molecule has 0 aliphatic rings. The number of aryl methyl sites for hydroxylation is 2. The molecule has 0 bridgehead atoms. The summed E-state index contributed by atoms with van der Waals surface area (Å²) in [7, 11) is 1.83. The molecule has 0 saturated heterocycles. The molecule has 20 heavy (non-hydrogen) atoms. The predicted molar refractivity (Wildman–Crippen MR) is 77.6 cm³/mol. The fourth-order valence-electron chi connectivity index (χ4n) is 2.00. The molecule has 106 valence electrons. The average molecular weight is 274 g/mol. The molecule has 0 fully saturated rings. The third-order valence-corrected chi connectivity index (χ3v) is 3.00. The number of hydrogen-bond acceptors (Lipinski definition) is 3. The highest BCUT2D eigenvalue weighted by Gasteiger charge is 2.09. The van der Waals surface area contributed by atoms with Gasteiger partial charge in [-0.05, 0) is 50.2 Å². The van der Waals surface area contributed by atoms with Crippen LogP contribution in [0.4, 0.5) is 4.39 Å². The van der Waals surface area contributed by atoms with Crippen LogP contribution in [-0.4, -0.2) is 12.0 Å². The Hall–Kier alpha value is -1.94. The summed E-state index contributed by atoms with van der Waals surface area (Å²) in [5.74, 6) is 0.476. The van der Waals surface area contributed by atoms with Crippen molar-refractivity contribution in [1.82, 2.24) is 10.3 Å². The summed E-state index contributed by atoms with van der Waals surface area (Å²) in [5, 5.41) is 2.99. The van der Waals surface area contributed by atoms with Crippen molar-refractivity contribution in [3.8, 4) is 11.5 Å². The molecule has 1 aromatic carbocycles. The fraction of sp³-hybridized carbons (Fsp3) is 0.312. The van der Waals surface area contributed by atoms with E-state index in [9.17, 15) is 4.39 Å². The lowest BCUT2D eigenvalue weighted by Crippen LogP contribution is -2.05. The molecule has 0 spiro atoms. The highest BCUT2D eigenvalue weighted by atomic mass is 19.1. The zero-order valence-corrected chi connectivity index (χ0v) is 12.0. The Morgan fingerprint density at radius 2 is 1.95 bits per heavy atom. The summed E-state index contributed by atoms with van der Waals surface area (Å²) < 4.78 is 19.7. The molecule has 0 radical (unpaired) electrons. The van der Waals surface area contributed by atoms with E-state index in [2.05, 4.69) is 10.3 Å². The summed E-state index contributed by atoms with van der Waals surface area (Å²) in [6, 6.07) is 8.69. The first kappa shape index (κ1) is 14.5. The van der Waals surface area contributed by atoms with Crippen molar-refractivity contribution < 1.29 is 9.13 Å². The SMILES string of the molecule is CCc1nc(C)ccc1Oc1ccc(CNC)cc1F. The molecule has 0 atom stereocenters. The summed E-state index contributed by atoms with van der Waals surface area (Å²) in [5.41, 5.74) is 2.65. The van der Waals surface area contributed by atoms with Gasteiger partial charge in [-0.25, -0.2) is 4.39 Å². The normalized spacial score (nSPS) is 10.6. The van der Waals surface area contributed by atoms with Crippen molar-refractivity contribution in [3.05, 3.63) is 53.1 Å². The summed E-state index contributed by atoms with van der Waals surface area (Å²) in [4.78, 5) is 4.41. The average Bonchev–Trinajstić information content (AvgIpc) is 2.43. The fourth-order valence-corrected chi connectivity index (χ4v) is 2.00. The molecule has 1 aromatic heterocycles. The van der Waals surface area contributed by atoms with Crippen molar-refractivity contribution in [1.29, 1.82) is 0 Å². The van der Waals surface area contributed by atoms with Gasteiger partial charge in [0.15, 0.2) is 11.6 Å². The molecule has 0 unspecified atom stereocenters. The van der Waals surface area contributed by atoms with Gasteiger partial charge in [0.1, 0.15) is 5.75 Å². The van der Waals surface area contributed by atoms with Crippen LogP contribution in [0.5, 0.6) is 11.5 Å². The highest BCUT2D eigenvalue weighted by Crippen LogP contribution is 2.27. The minimum atomic E-state index is -0.361. The number of halogens is 1. The Kier molecular flexibility index (Phi) is 4.69. The van der Waals surface area contributed by atoms with E-state index >= 15 is 0 Å². The first-order valence-corrected chi connectivity index (χ1v) is 6.71. The number of benzene rings is 1. The van der Waals surface area contributed by atoms with Gasteiger partial charge in [0.2, 0.25) is 0 Å². The smallest absolute Gasteiger partial charge is 0.166 e. The van der Waals surface area contributed by atoms with E-state index in [4.69, 9.17) is 4.74 Å². The van der Waals surface area contributed by atoms with E-state index in [1.54, 1.807) is 6.07 Å². The molecular weight excluding hydrogens is 255 g/mol. The second-order valence-electron chi connectivity index (χ2n) is 4.65. The number of aromatic nitrogens is 1. The van der Waals surface area contributed by atoms with Crippen LogP contribution in [0.2, 0.25) is 0 Å².